The van der Waals surface area contributed by atoms with Crippen molar-refractivity contribution in [2.75, 3.05) is 25.2 Å². The number of aromatic carboxylic acids is 1. The van der Waals surface area contributed by atoms with Crippen LogP contribution in [-0.2, 0) is 11.3 Å². The van der Waals surface area contributed by atoms with Crippen molar-refractivity contribution in [3.8, 4) is 0 Å². The monoisotopic (exact) mass is 245 g/mol. The van der Waals surface area contributed by atoms with Crippen molar-refractivity contribution in [3.05, 3.63) is 11.9 Å². The summed E-state index contributed by atoms with van der Waals surface area (Å²) in [6.45, 7) is 1.46. The normalized spacial score (nSPS) is 10.6. The Morgan fingerprint density at radius 1 is 1.62 bits per heavy atom. The van der Waals surface area contributed by atoms with E-state index in [2.05, 4.69) is 10.3 Å². The molecule has 0 saturated heterocycles. The molecule has 90 valence electrons. The summed E-state index contributed by atoms with van der Waals surface area (Å²) in [6.07, 6.45) is 2.47. The summed E-state index contributed by atoms with van der Waals surface area (Å²) in [5, 5.41) is 15.9. The van der Waals surface area contributed by atoms with Crippen LogP contribution in [0.3, 0.4) is 0 Å². The maximum absolute atomic E-state index is 10.5. The molecule has 0 unspecified atom stereocenters. The van der Waals surface area contributed by atoms with Crippen LogP contribution in [-0.4, -0.2) is 51.3 Å². The van der Waals surface area contributed by atoms with E-state index in [0.717, 1.165) is 24.5 Å². The highest BCUT2D eigenvalue weighted by Gasteiger charge is 2.07. The van der Waals surface area contributed by atoms with Crippen LogP contribution in [0.15, 0.2) is 6.20 Å². The van der Waals surface area contributed by atoms with Gasteiger partial charge in [-0.25, -0.2) is 4.79 Å². The number of hydrogen-bond acceptors (Lipinski definition) is 5. The van der Waals surface area contributed by atoms with E-state index in [9.17, 15) is 4.79 Å². The largest absolute Gasteiger partial charge is 0.476 e. The predicted molar refractivity (Wildman–Crippen MR) is 60.8 cm³/mol. The second-order valence-electron chi connectivity index (χ2n) is 3.13. The number of carbonyl (C=O) groups is 1. The van der Waals surface area contributed by atoms with Gasteiger partial charge in [0.2, 0.25) is 0 Å². The highest BCUT2D eigenvalue weighted by Crippen LogP contribution is 2.03. The number of aromatic nitrogens is 3. The van der Waals surface area contributed by atoms with Crippen LogP contribution in [0.25, 0.3) is 0 Å². The number of nitrogens with zero attached hydrogens (tertiary/aromatic N) is 3. The zero-order valence-corrected chi connectivity index (χ0v) is 9.94. The van der Waals surface area contributed by atoms with E-state index in [1.807, 2.05) is 0 Å². The topological polar surface area (TPSA) is 77.2 Å². The molecular formula is C9H15N3O3S. The van der Waals surface area contributed by atoms with Gasteiger partial charge in [-0.15, -0.1) is 5.10 Å². The summed E-state index contributed by atoms with van der Waals surface area (Å²) >= 11 is 1.79. The van der Waals surface area contributed by atoms with Crippen LogP contribution in [0.5, 0.6) is 0 Å². The van der Waals surface area contributed by atoms with Crippen LogP contribution >= 0.6 is 11.8 Å². The van der Waals surface area contributed by atoms with E-state index in [-0.39, 0.29) is 5.69 Å². The molecule has 0 saturated carbocycles. The van der Waals surface area contributed by atoms with Crippen molar-refractivity contribution in [3.63, 3.8) is 0 Å². The van der Waals surface area contributed by atoms with Gasteiger partial charge in [0.1, 0.15) is 0 Å². The summed E-state index contributed by atoms with van der Waals surface area (Å²) in [5.74, 6) is 0.888. The first-order chi connectivity index (χ1) is 7.74. The number of hydrogen-bond donors (Lipinski definition) is 1. The van der Waals surface area contributed by atoms with Crippen molar-refractivity contribution < 1.29 is 14.6 Å². The van der Waals surface area contributed by atoms with Gasteiger partial charge < -0.3 is 9.84 Å². The molecule has 1 heterocycles. The fourth-order valence-electron chi connectivity index (χ4n) is 1.07. The lowest BCUT2D eigenvalue weighted by Crippen LogP contribution is -2.02. The summed E-state index contributed by atoms with van der Waals surface area (Å²) in [5.41, 5.74) is -0.00983. The number of methoxy groups -OCH3 is 1. The Kier molecular flexibility index (Phi) is 5.87. The van der Waals surface area contributed by atoms with E-state index < -0.39 is 5.97 Å². The minimum Gasteiger partial charge on any atom is -0.476 e. The zero-order valence-electron chi connectivity index (χ0n) is 9.13. The number of ether oxygens (including phenoxy) is 1. The predicted octanol–water partition coefficient (Wildman–Crippen LogP) is 0.746. The minimum atomic E-state index is -1.04. The molecule has 0 aliphatic carbocycles. The fourth-order valence-corrected chi connectivity index (χ4v) is 1.91. The molecule has 0 amide bonds. The molecule has 0 fully saturated rings. The van der Waals surface area contributed by atoms with Crippen molar-refractivity contribution in [2.45, 2.75) is 13.0 Å². The average molecular weight is 245 g/mol. The van der Waals surface area contributed by atoms with Crippen LogP contribution in [0, 0.1) is 0 Å². The van der Waals surface area contributed by atoms with Gasteiger partial charge in [-0.1, -0.05) is 5.21 Å². The van der Waals surface area contributed by atoms with E-state index in [1.54, 1.807) is 23.6 Å². The molecule has 6 nitrogen and oxygen atoms in total. The van der Waals surface area contributed by atoms with E-state index in [1.165, 1.54) is 6.20 Å². The lowest BCUT2D eigenvalue weighted by atomic mass is 10.5. The lowest BCUT2D eigenvalue weighted by molar-refractivity contribution is 0.0690. The van der Waals surface area contributed by atoms with Gasteiger partial charge in [0.05, 0.1) is 12.7 Å². The molecule has 0 atom stereocenters. The first-order valence-electron chi connectivity index (χ1n) is 4.94. The molecule has 1 aromatic rings. The molecule has 1 aromatic heterocycles. The van der Waals surface area contributed by atoms with E-state index >= 15 is 0 Å². The molecule has 0 bridgehead atoms. The van der Waals surface area contributed by atoms with Gasteiger partial charge in [0.25, 0.3) is 0 Å². The maximum Gasteiger partial charge on any atom is 0.358 e. The third kappa shape index (κ3) is 4.63. The minimum absolute atomic E-state index is 0.00983. The van der Waals surface area contributed by atoms with Gasteiger partial charge in [-0.2, -0.15) is 11.8 Å². The van der Waals surface area contributed by atoms with Crippen LogP contribution in [0.4, 0.5) is 0 Å². The third-order valence-electron chi connectivity index (χ3n) is 1.86. The first kappa shape index (κ1) is 13.0. The molecule has 1 N–H and O–H groups in total. The van der Waals surface area contributed by atoms with Gasteiger partial charge in [0.15, 0.2) is 5.69 Å². The quantitative estimate of drug-likeness (QED) is 0.681. The second-order valence-corrected chi connectivity index (χ2v) is 4.36. The molecule has 0 radical (unpaired) electrons. The summed E-state index contributed by atoms with van der Waals surface area (Å²) in [7, 11) is 1.69. The number of carboxylic acids is 1. The highest BCUT2D eigenvalue weighted by molar-refractivity contribution is 7.99. The molecule has 1 rings (SSSR count). The molecule has 16 heavy (non-hydrogen) atoms. The second kappa shape index (κ2) is 7.24. The third-order valence-corrected chi connectivity index (χ3v) is 2.91. The lowest BCUT2D eigenvalue weighted by Gasteiger charge is -2.00. The smallest absolute Gasteiger partial charge is 0.358 e. The van der Waals surface area contributed by atoms with Crippen molar-refractivity contribution in [1.82, 2.24) is 15.0 Å². The zero-order chi connectivity index (χ0) is 11.8. The maximum atomic E-state index is 10.5. The Morgan fingerprint density at radius 3 is 3.06 bits per heavy atom. The molecule has 0 aromatic carbocycles. The van der Waals surface area contributed by atoms with Gasteiger partial charge in [-0.05, 0) is 12.2 Å². The SMILES string of the molecule is COCCCSCCn1cc(C(=O)O)nn1. The number of carboxylic acid groups (broad SMARTS) is 1. The number of rotatable bonds is 8. The average Bonchev–Trinajstić information content (AvgIpc) is 2.72. The van der Waals surface area contributed by atoms with Gasteiger partial charge in [-0.3, -0.25) is 4.68 Å². The summed E-state index contributed by atoms with van der Waals surface area (Å²) in [6, 6.07) is 0. The van der Waals surface area contributed by atoms with Gasteiger partial charge in [0, 0.05) is 19.5 Å². The molecule has 0 spiro atoms. The van der Waals surface area contributed by atoms with Crippen LogP contribution in [0.1, 0.15) is 16.9 Å². The van der Waals surface area contributed by atoms with Crippen molar-refractivity contribution >= 4 is 17.7 Å². The van der Waals surface area contributed by atoms with Crippen molar-refractivity contribution in [1.29, 1.82) is 0 Å². The van der Waals surface area contributed by atoms with Crippen molar-refractivity contribution in [2.24, 2.45) is 0 Å². The molecular weight excluding hydrogens is 230 g/mol. The van der Waals surface area contributed by atoms with E-state index in [0.29, 0.717) is 6.54 Å². The fraction of sp³-hybridized carbons (Fsp3) is 0.667. The summed E-state index contributed by atoms with van der Waals surface area (Å²) in [4.78, 5) is 10.5. The number of aryl methyl sites for hydroxylation is 1. The molecule has 7 heteroatoms. The first-order valence-corrected chi connectivity index (χ1v) is 6.09. The van der Waals surface area contributed by atoms with Gasteiger partial charge >= 0.3 is 5.97 Å². The molecule has 0 aliphatic heterocycles. The number of thioether (sulfide) groups is 1. The molecule has 0 aliphatic rings. The van der Waals surface area contributed by atoms with Crippen LogP contribution < -0.4 is 0 Å². The van der Waals surface area contributed by atoms with Crippen LogP contribution in [0.2, 0.25) is 0 Å². The Morgan fingerprint density at radius 2 is 2.44 bits per heavy atom. The highest BCUT2D eigenvalue weighted by atomic mass is 32.2. The summed E-state index contributed by atoms with van der Waals surface area (Å²) < 4.78 is 6.48. The Bertz CT molecular complexity index is 330. The Balaban J connectivity index is 2.14. The van der Waals surface area contributed by atoms with E-state index in [4.69, 9.17) is 9.84 Å². The standard InChI is InChI=1S/C9H15N3O3S/c1-15-4-2-5-16-6-3-12-7-8(9(13)14)10-11-12/h7H,2-6H2,1H3,(H,13,14). The Labute approximate surface area is 98.0 Å². The Hall–Kier alpha value is -1.08.